The van der Waals surface area contributed by atoms with Crippen LogP contribution in [0, 0.1) is 20.8 Å². The highest BCUT2D eigenvalue weighted by atomic mass is 35.5. The van der Waals surface area contributed by atoms with Crippen molar-refractivity contribution in [2.45, 2.75) is 33.4 Å². The van der Waals surface area contributed by atoms with E-state index in [1.165, 1.54) is 0 Å². The maximum absolute atomic E-state index is 13.6. The molecule has 0 aliphatic carbocycles. The van der Waals surface area contributed by atoms with Crippen LogP contribution in [0.1, 0.15) is 49.9 Å². The van der Waals surface area contributed by atoms with Gasteiger partial charge in [-0.05, 0) is 55.2 Å². The minimum absolute atomic E-state index is 0.141. The van der Waals surface area contributed by atoms with Crippen molar-refractivity contribution < 1.29 is 9.90 Å². The molecule has 0 radical (unpaired) electrons. The Morgan fingerprint density at radius 3 is 2.48 bits per heavy atom. The number of fused-ring (bicyclic) bond motifs is 1. The average Bonchev–Trinajstić information content (AvgIpc) is 3.32. The fourth-order valence-corrected chi connectivity index (χ4v) is 4.81. The molecule has 6 heteroatoms. The number of H-pyrrole nitrogens is 1. The van der Waals surface area contributed by atoms with E-state index in [4.69, 9.17) is 11.6 Å². The van der Waals surface area contributed by atoms with E-state index in [2.05, 4.69) is 10.2 Å². The Labute approximate surface area is 197 Å². The lowest BCUT2D eigenvalue weighted by molar-refractivity contribution is 0.0730. The van der Waals surface area contributed by atoms with E-state index in [1.54, 1.807) is 0 Å². The molecule has 2 heterocycles. The van der Waals surface area contributed by atoms with Gasteiger partial charge in [-0.3, -0.25) is 9.89 Å². The zero-order valence-corrected chi connectivity index (χ0v) is 19.4. The summed E-state index contributed by atoms with van der Waals surface area (Å²) in [5.74, 6) is 0.0349. The van der Waals surface area contributed by atoms with Crippen LogP contribution in [0.4, 0.5) is 0 Å². The van der Waals surface area contributed by atoms with E-state index in [0.29, 0.717) is 28.5 Å². The van der Waals surface area contributed by atoms with Crippen molar-refractivity contribution in [1.82, 2.24) is 15.1 Å². The van der Waals surface area contributed by atoms with Crippen molar-refractivity contribution in [3.8, 4) is 17.0 Å². The number of hydrogen-bond donors (Lipinski definition) is 2. The van der Waals surface area contributed by atoms with Crippen molar-refractivity contribution in [3.05, 3.63) is 105 Å². The average molecular weight is 458 g/mol. The quantitative estimate of drug-likeness (QED) is 0.388. The van der Waals surface area contributed by atoms with Gasteiger partial charge < -0.3 is 10.0 Å². The molecule has 0 bridgehead atoms. The minimum atomic E-state index is -0.363. The van der Waals surface area contributed by atoms with Gasteiger partial charge in [-0.25, -0.2) is 0 Å². The molecule has 1 atom stereocenters. The van der Waals surface area contributed by atoms with E-state index >= 15 is 0 Å². The molecule has 0 saturated heterocycles. The van der Waals surface area contributed by atoms with Gasteiger partial charge >= 0.3 is 0 Å². The number of aryl methyl sites for hydroxylation is 3. The molecule has 0 fully saturated rings. The molecule has 5 nitrogen and oxygen atoms in total. The zero-order chi connectivity index (χ0) is 23.3. The number of benzene rings is 3. The van der Waals surface area contributed by atoms with E-state index in [0.717, 1.165) is 33.4 Å². The smallest absolute Gasteiger partial charge is 0.273 e. The third-order valence-corrected chi connectivity index (χ3v) is 6.62. The summed E-state index contributed by atoms with van der Waals surface area (Å²) in [4.78, 5) is 15.4. The Hall–Kier alpha value is -3.57. The number of aromatic hydroxyl groups is 1. The van der Waals surface area contributed by atoms with E-state index in [9.17, 15) is 9.90 Å². The normalized spacial score (nSPS) is 15.2. The van der Waals surface area contributed by atoms with Gasteiger partial charge in [0.25, 0.3) is 5.91 Å². The monoisotopic (exact) mass is 457 g/mol. The molecule has 0 spiro atoms. The largest absolute Gasteiger partial charge is 0.507 e. The van der Waals surface area contributed by atoms with Crippen LogP contribution in [0.3, 0.4) is 0 Å². The summed E-state index contributed by atoms with van der Waals surface area (Å²) in [6.07, 6.45) is 0. The number of hydrogen-bond acceptors (Lipinski definition) is 3. The number of rotatable bonds is 4. The van der Waals surface area contributed by atoms with E-state index in [1.807, 2.05) is 86.3 Å². The zero-order valence-electron chi connectivity index (χ0n) is 18.7. The fourth-order valence-electron chi connectivity index (χ4n) is 4.61. The molecule has 4 aromatic rings. The second-order valence-electron chi connectivity index (χ2n) is 8.68. The highest BCUT2D eigenvalue weighted by Crippen LogP contribution is 2.46. The molecule has 3 aromatic carbocycles. The molecule has 1 aliphatic heterocycles. The maximum Gasteiger partial charge on any atom is 0.273 e. The van der Waals surface area contributed by atoms with Gasteiger partial charge in [0.1, 0.15) is 17.1 Å². The summed E-state index contributed by atoms with van der Waals surface area (Å²) in [6.45, 7) is 6.24. The molecule has 1 amide bonds. The third kappa shape index (κ3) is 3.58. The Morgan fingerprint density at radius 2 is 1.76 bits per heavy atom. The second kappa shape index (κ2) is 8.09. The molecular formula is C27H24ClN3O2. The fraction of sp³-hybridized carbons (Fsp3) is 0.185. The summed E-state index contributed by atoms with van der Waals surface area (Å²) < 4.78 is 0. The van der Waals surface area contributed by atoms with Crippen LogP contribution >= 0.6 is 11.6 Å². The van der Waals surface area contributed by atoms with Crippen LogP contribution in [-0.4, -0.2) is 26.1 Å². The van der Waals surface area contributed by atoms with E-state index in [-0.39, 0.29) is 17.7 Å². The molecule has 33 heavy (non-hydrogen) atoms. The molecular weight excluding hydrogens is 434 g/mol. The summed E-state index contributed by atoms with van der Waals surface area (Å²) in [7, 11) is 0. The predicted molar refractivity (Wildman–Crippen MR) is 130 cm³/mol. The van der Waals surface area contributed by atoms with Gasteiger partial charge in [0, 0.05) is 22.7 Å². The van der Waals surface area contributed by atoms with Crippen molar-refractivity contribution in [3.63, 3.8) is 0 Å². The number of aromatic amines is 1. The first-order chi connectivity index (χ1) is 15.8. The number of amides is 1. The lowest BCUT2D eigenvalue weighted by Crippen LogP contribution is -2.29. The number of halogens is 1. The van der Waals surface area contributed by atoms with Crippen LogP contribution in [-0.2, 0) is 6.54 Å². The third-order valence-electron chi connectivity index (χ3n) is 6.26. The van der Waals surface area contributed by atoms with E-state index < -0.39 is 0 Å². The summed E-state index contributed by atoms with van der Waals surface area (Å²) >= 11 is 6.44. The number of nitrogens with zero attached hydrogens (tertiary/aromatic N) is 2. The molecule has 1 aromatic heterocycles. The number of phenols is 1. The SMILES string of the molecule is Cc1ccc(C2c3c(-c4cc(C)cc(C)c4O)n[nH]c3C(=O)N2Cc2ccccc2Cl)cc1. The number of carbonyl (C=O) groups is 1. The topological polar surface area (TPSA) is 69.2 Å². The lowest BCUT2D eigenvalue weighted by Gasteiger charge is -2.27. The first kappa shape index (κ1) is 21.3. The highest BCUT2D eigenvalue weighted by Gasteiger charge is 2.42. The summed E-state index contributed by atoms with van der Waals surface area (Å²) in [6, 6.07) is 19.2. The Balaban J connectivity index is 1.70. The maximum atomic E-state index is 13.6. The first-order valence-corrected chi connectivity index (χ1v) is 11.2. The predicted octanol–water partition coefficient (Wildman–Crippen LogP) is 6.11. The molecule has 0 saturated carbocycles. The first-order valence-electron chi connectivity index (χ1n) is 10.8. The van der Waals surface area contributed by atoms with Crippen molar-refractivity contribution in [1.29, 1.82) is 0 Å². The lowest BCUT2D eigenvalue weighted by atomic mass is 9.93. The number of aromatic nitrogens is 2. The van der Waals surface area contributed by atoms with Gasteiger partial charge in [0.2, 0.25) is 0 Å². The van der Waals surface area contributed by atoms with Gasteiger partial charge in [-0.2, -0.15) is 5.10 Å². The Morgan fingerprint density at radius 1 is 1.03 bits per heavy atom. The summed E-state index contributed by atoms with van der Waals surface area (Å²) in [5, 5.41) is 18.9. The van der Waals surface area contributed by atoms with Crippen molar-refractivity contribution in [2.24, 2.45) is 0 Å². The van der Waals surface area contributed by atoms with Gasteiger partial charge in [-0.15, -0.1) is 0 Å². The second-order valence-corrected chi connectivity index (χ2v) is 9.08. The minimum Gasteiger partial charge on any atom is -0.507 e. The number of phenolic OH excluding ortho intramolecular Hbond substituents is 1. The van der Waals surface area contributed by atoms with Gasteiger partial charge in [0.15, 0.2) is 0 Å². The van der Waals surface area contributed by atoms with Crippen LogP contribution in [0.2, 0.25) is 5.02 Å². The molecule has 1 unspecified atom stereocenters. The molecule has 166 valence electrons. The van der Waals surface area contributed by atoms with Gasteiger partial charge in [-0.1, -0.05) is 65.7 Å². The Kier molecular flexibility index (Phi) is 5.22. The highest BCUT2D eigenvalue weighted by molar-refractivity contribution is 6.31. The van der Waals surface area contributed by atoms with Gasteiger partial charge in [0.05, 0.1) is 6.04 Å². The van der Waals surface area contributed by atoms with Crippen LogP contribution in [0.15, 0.2) is 60.7 Å². The van der Waals surface area contributed by atoms with Crippen molar-refractivity contribution >= 4 is 17.5 Å². The Bertz CT molecular complexity index is 1370. The number of nitrogens with one attached hydrogen (secondary N) is 1. The molecule has 5 rings (SSSR count). The standard InChI is InChI=1S/C27H24ClN3O2/c1-15-8-10-18(11-9-15)25-22-23(20-13-16(2)12-17(3)26(20)32)29-30-24(22)27(33)31(25)14-19-6-4-5-7-21(19)28/h4-13,25,32H,14H2,1-3H3,(H,29,30). The van der Waals surface area contributed by atoms with Crippen LogP contribution in [0.5, 0.6) is 5.75 Å². The number of carbonyl (C=O) groups excluding carboxylic acids is 1. The molecule has 1 aliphatic rings. The van der Waals surface area contributed by atoms with Crippen molar-refractivity contribution in [2.75, 3.05) is 0 Å². The van der Waals surface area contributed by atoms with Crippen LogP contribution in [0.25, 0.3) is 11.3 Å². The molecule has 2 N–H and O–H groups in total. The summed E-state index contributed by atoms with van der Waals surface area (Å²) in [5.41, 5.74) is 7.21. The van der Waals surface area contributed by atoms with Crippen LogP contribution < -0.4 is 0 Å².